The van der Waals surface area contributed by atoms with E-state index in [0.717, 1.165) is 47.1 Å². The number of carbonyl (C=O) groups excluding carboxylic acids is 1. The summed E-state index contributed by atoms with van der Waals surface area (Å²) in [5.74, 6) is 0.304. The van der Waals surface area contributed by atoms with Crippen molar-refractivity contribution in [2.24, 2.45) is 5.92 Å². The first kappa shape index (κ1) is 17.4. The minimum Gasteiger partial charge on any atom is -0.354 e. The van der Waals surface area contributed by atoms with Crippen molar-refractivity contribution >= 4 is 44.1 Å². The Labute approximate surface area is 161 Å². The quantitative estimate of drug-likeness (QED) is 0.731. The molecule has 0 radical (unpaired) electrons. The van der Waals surface area contributed by atoms with Gasteiger partial charge in [-0.05, 0) is 50.3 Å². The third-order valence-corrected chi connectivity index (χ3v) is 6.50. The van der Waals surface area contributed by atoms with E-state index in [2.05, 4.69) is 27.7 Å². The highest BCUT2D eigenvalue weighted by atomic mass is 32.1. The lowest BCUT2D eigenvalue weighted by atomic mass is 9.96. The summed E-state index contributed by atoms with van der Waals surface area (Å²) in [5, 5.41) is 6.11. The maximum atomic E-state index is 12.2. The van der Waals surface area contributed by atoms with E-state index in [9.17, 15) is 4.79 Å². The number of pyridine rings is 1. The highest BCUT2D eigenvalue weighted by molar-refractivity contribution is 7.21. The Morgan fingerprint density at radius 1 is 1.23 bits per heavy atom. The molecule has 0 aliphatic carbocycles. The number of piperidine rings is 1. The van der Waals surface area contributed by atoms with E-state index >= 15 is 0 Å². The molecule has 1 aliphatic heterocycles. The summed E-state index contributed by atoms with van der Waals surface area (Å²) in [6, 6.07) is 8.44. The third-order valence-electron chi connectivity index (χ3n) is 4.59. The van der Waals surface area contributed by atoms with Gasteiger partial charge in [0.25, 0.3) is 0 Å². The van der Waals surface area contributed by atoms with Crippen molar-refractivity contribution < 1.29 is 4.79 Å². The SMILES string of the molecule is CC(C)NC(=O)C1CCN(c2nc3ccc(-c4cccs4)nc3s2)CC1. The second-order valence-corrected chi connectivity index (χ2v) is 8.82. The number of carbonyl (C=O) groups is 1. The van der Waals surface area contributed by atoms with Crippen molar-refractivity contribution in [3.8, 4) is 10.6 Å². The van der Waals surface area contributed by atoms with Gasteiger partial charge in [0, 0.05) is 25.0 Å². The van der Waals surface area contributed by atoms with Crippen LogP contribution < -0.4 is 10.2 Å². The number of fused-ring (bicyclic) bond motifs is 1. The van der Waals surface area contributed by atoms with E-state index in [4.69, 9.17) is 9.97 Å². The van der Waals surface area contributed by atoms with Gasteiger partial charge in [0.2, 0.25) is 5.91 Å². The number of thiophene rings is 1. The summed E-state index contributed by atoms with van der Waals surface area (Å²) in [4.78, 5) is 26.2. The van der Waals surface area contributed by atoms with Crippen LogP contribution in [0.5, 0.6) is 0 Å². The van der Waals surface area contributed by atoms with Crippen molar-refractivity contribution in [1.29, 1.82) is 0 Å². The molecule has 0 aromatic carbocycles. The molecule has 3 aromatic heterocycles. The zero-order valence-electron chi connectivity index (χ0n) is 14.9. The molecule has 26 heavy (non-hydrogen) atoms. The molecular weight excluding hydrogens is 364 g/mol. The molecule has 0 spiro atoms. The lowest BCUT2D eigenvalue weighted by Gasteiger charge is -2.31. The van der Waals surface area contributed by atoms with Crippen LogP contribution in [0.2, 0.25) is 0 Å². The normalized spacial score (nSPS) is 15.7. The third kappa shape index (κ3) is 3.59. The molecule has 1 aliphatic rings. The summed E-state index contributed by atoms with van der Waals surface area (Å²) in [7, 11) is 0. The summed E-state index contributed by atoms with van der Waals surface area (Å²) < 4.78 is 0. The van der Waals surface area contributed by atoms with E-state index in [1.165, 1.54) is 4.88 Å². The van der Waals surface area contributed by atoms with Gasteiger partial charge in [-0.15, -0.1) is 11.3 Å². The molecule has 4 heterocycles. The number of hydrogen-bond donors (Lipinski definition) is 1. The Morgan fingerprint density at radius 3 is 2.73 bits per heavy atom. The lowest BCUT2D eigenvalue weighted by molar-refractivity contribution is -0.126. The predicted molar refractivity (Wildman–Crippen MR) is 109 cm³/mol. The molecule has 4 rings (SSSR count). The highest BCUT2D eigenvalue weighted by Crippen LogP contribution is 2.33. The fourth-order valence-electron chi connectivity index (χ4n) is 3.24. The predicted octanol–water partition coefficient (Wildman–Crippen LogP) is 4.16. The van der Waals surface area contributed by atoms with Crippen LogP contribution in [0, 0.1) is 5.92 Å². The molecule has 0 unspecified atom stereocenters. The first-order valence-electron chi connectivity index (χ1n) is 8.97. The molecule has 3 aromatic rings. The number of nitrogens with one attached hydrogen (secondary N) is 1. The van der Waals surface area contributed by atoms with Gasteiger partial charge in [-0.1, -0.05) is 17.4 Å². The molecule has 0 bridgehead atoms. The average molecular weight is 387 g/mol. The fraction of sp³-hybridized carbons (Fsp3) is 0.421. The lowest BCUT2D eigenvalue weighted by Crippen LogP contribution is -2.42. The van der Waals surface area contributed by atoms with Crippen LogP contribution in [0.15, 0.2) is 29.6 Å². The number of thiazole rings is 1. The van der Waals surface area contributed by atoms with Gasteiger partial charge in [-0.2, -0.15) is 0 Å². The summed E-state index contributed by atoms with van der Waals surface area (Å²) in [6.45, 7) is 5.75. The fourth-order valence-corrected chi connectivity index (χ4v) is 4.92. The highest BCUT2D eigenvalue weighted by Gasteiger charge is 2.26. The first-order valence-corrected chi connectivity index (χ1v) is 10.7. The molecule has 1 saturated heterocycles. The number of rotatable bonds is 4. The van der Waals surface area contributed by atoms with Gasteiger partial charge in [0.1, 0.15) is 10.3 Å². The molecule has 1 N–H and O–H groups in total. The van der Waals surface area contributed by atoms with Crippen LogP contribution in [-0.4, -0.2) is 35.0 Å². The topological polar surface area (TPSA) is 58.1 Å². The van der Waals surface area contributed by atoms with Crippen LogP contribution in [0.3, 0.4) is 0 Å². The van der Waals surface area contributed by atoms with Crippen molar-refractivity contribution in [3.63, 3.8) is 0 Å². The number of aromatic nitrogens is 2. The van der Waals surface area contributed by atoms with Gasteiger partial charge in [0.15, 0.2) is 5.13 Å². The van der Waals surface area contributed by atoms with Gasteiger partial charge in [-0.25, -0.2) is 9.97 Å². The Morgan fingerprint density at radius 2 is 2.04 bits per heavy atom. The number of nitrogens with zero attached hydrogens (tertiary/aromatic N) is 3. The molecule has 7 heteroatoms. The van der Waals surface area contributed by atoms with Crippen molar-refractivity contribution in [3.05, 3.63) is 29.6 Å². The number of hydrogen-bond acceptors (Lipinski definition) is 6. The van der Waals surface area contributed by atoms with Gasteiger partial charge < -0.3 is 10.2 Å². The molecule has 1 amide bonds. The van der Waals surface area contributed by atoms with Gasteiger partial charge >= 0.3 is 0 Å². The Hall–Kier alpha value is -1.99. The standard InChI is InChI=1S/C19H22N4OS2/c1-12(2)20-17(24)13-7-9-23(10-8-13)19-22-15-6-5-14(21-18(15)26-19)16-4-3-11-25-16/h3-6,11-13H,7-10H2,1-2H3,(H,20,24). The average Bonchev–Trinajstić information content (AvgIpc) is 3.30. The van der Waals surface area contributed by atoms with Crippen molar-refractivity contribution in [1.82, 2.24) is 15.3 Å². The van der Waals surface area contributed by atoms with Crippen LogP contribution >= 0.6 is 22.7 Å². The van der Waals surface area contributed by atoms with Crippen LogP contribution in [0.1, 0.15) is 26.7 Å². The Bertz CT molecular complexity index is 896. The molecule has 136 valence electrons. The molecule has 0 atom stereocenters. The van der Waals surface area contributed by atoms with E-state index in [1.54, 1.807) is 22.7 Å². The number of anilines is 1. The minimum absolute atomic E-state index is 0.117. The smallest absolute Gasteiger partial charge is 0.223 e. The van der Waals surface area contributed by atoms with Crippen molar-refractivity contribution in [2.75, 3.05) is 18.0 Å². The molecule has 5 nitrogen and oxygen atoms in total. The van der Waals surface area contributed by atoms with Crippen LogP contribution in [0.25, 0.3) is 20.9 Å². The molecule has 1 fully saturated rings. The minimum atomic E-state index is 0.117. The largest absolute Gasteiger partial charge is 0.354 e. The summed E-state index contributed by atoms with van der Waals surface area (Å²) in [5.41, 5.74) is 1.96. The monoisotopic (exact) mass is 386 g/mol. The zero-order valence-corrected chi connectivity index (χ0v) is 16.6. The second kappa shape index (κ2) is 7.32. The van der Waals surface area contributed by atoms with E-state index in [0.29, 0.717) is 0 Å². The van der Waals surface area contributed by atoms with E-state index in [1.807, 2.05) is 26.0 Å². The number of amides is 1. The first-order chi connectivity index (χ1) is 12.6. The van der Waals surface area contributed by atoms with Crippen LogP contribution in [0.4, 0.5) is 5.13 Å². The van der Waals surface area contributed by atoms with Crippen LogP contribution in [-0.2, 0) is 4.79 Å². The maximum Gasteiger partial charge on any atom is 0.223 e. The van der Waals surface area contributed by atoms with Crippen molar-refractivity contribution in [2.45, 2.75) is 32.7 Å². The summed E-state index contributed by atoms with van der Waals surface area (Å²) >= 11 is 3.34. The van der Waals surface area contributed by atoms with Gasteiger partial charge in [-0.3, -0.25) is 4.79 Å². The Balaban J connectivity index is 1.47. The Kier molecular flexibility index (Phi) is 4.91. The second-order valence-electron chi connectivity index (χ2n) is 6.92. The molecule has 0 saturated carbocycles. The molecular formula is C19H22N4OS2. The van der Waals surface area contributed by atoms with Gasteiger partial charge in [0.05, 0.1) is 10.6 Å². The summed E-state index contributed by atoms with van der Waals surface area (Å²) in [6.07, 6.45) is 1.75. The zero-order chi connectivity index (χ0) is 18.1. The van der Waals surface area contributed by atoms with E-state index < -0.39 is 0 Å². The maximum absolute atomic E-state index is 12.2. The van der Waals surface area contributed by atoms with E-state index in [-0.39, 0.29) is 17.9 Å².